The topological polar surface area (TPSA) is 3.24 Å². The summed E-state index contributed by atoms with van der Waals surface area (Å²) in [5.74, 6) is 0. The second-order valence-corrected chi connectivity index (χ2v) is 12.0. The van der Waals surface area contributed by atoms with Gasteiger partial charge in [-0.25, -0.2) is 0 Å². The van der Waals surface area contributed by atoms with Crippen molar-refractivity contribution in [2.24, 2.45) is 0 Å². The second kappa shape index (κ2) is 9.09. The maximum Gasteiger partial charge on any atom is 0.0476 e. The van der Waals surface area contributed by atoms with Crippen LogP contribution in [-0.2, 0) is 0 Å². The summed E-state index contributed by atoms with van der Waals surface area (Å²) in [4.78, 5) is 2.37. The molecular weight excluding hydrogens is 511 g/mol. The lowest BCUT2D eigenvalue weighted by atomic mass is 10.0. The smallest absolute Gasteiger partial charge is 0.0476 e. The zero-order chi connectivity index (χ0) is 25.8. The molecule has 0 aliphatic rings. The molecule has 0 unspecified atom stereocenters. The highest BCUT2D eigenvalue weighted by molar-refractivity contribution is 7.26. The summed E-state index contributed by atoms with van der Waals surface area (Å²) >= 11 is 3.72. The highest BCUT2D eigenvalue weighted by Gasteiger charge is 2.15. The highest BCUT2D eigenvalue weighted by atomic mass is 32.1. The Morgan fingerprint density at radius 2 is 0.923 bits per heavy atom. The molecule has 0 atom stereocenters. The van der Waals surface area contributed by atoms with Gasteiger partial charge in [-0.3, -0.25) is 0 Å². The van der Waals surface area contributed by atoms with Crippen molar-refractivity contribution in [3.8, 4) is 11.1 Å². The maximum absolute atomic E-state index is 2.37. The van der Waals surface area contributed by atoms with Gasteiger partial charge in [-0.1, -0.05) is 78.9 Å². The minimum absolute atomic E-state index is 1.15. The first-order valence-electron chi connectivity index (χ1n) is 13.1. The first kappa shape index (κ1) is 22.5. The molecule has 0 aliphatic heterocycles. The Morgan fingerprint density at radius 3 is 1.74 bits per heavy atom. The van der Waals surface area contributed by atoms with Gasteiger partial charge in [0.2, 0.25) is 0 Å². The van der Waals surface area contributed by atoms with Crippen molar-refractivity contribution in [1.82, 2.24) is 0 Å². The molecule has 0 radical (unpaired) electrons. The Morgan fingerprint density at radius 1 is 0.333 bits per heavy atom. The fourth-order valence-corrected chi connectivity index (χ4v) is 7.83. The largest absolute Gasteiger partial charge is 0.310 e. The summed E-state index contributed by atoms with van der Waals surface area (Å²) in [6.07, 6.45) is 0. The van der Waals surface area contributed by atoms with Crippen molar-refractivity contribution in [2.45, 2.75) is 0 Å². The standard InChI is InChI=1S/C36H23NS2/c1-2-10-26(11-3-1)37(28-18-19-31-29-13-4-6-15-33(29)39-36(31)23-28)27-12-8-9-24(21-27)25-17-20-35-32(22-25)30-14-5-7-16-34(30)38-35/h1-23H. The molecule has 39 heavy (non-hydrogen) atoms. The zero-order valence-electron chi connectivity index (χ0n) is 21.0. The number of rotatable bonds is 4. The number of para-hydroxylation sites is 1. The number of anilines is 3. The lowest BCUT2D eigenvalue weighted by molar-refractivity contribution is 1.29. The number of fused-ring (bicyclic) bond motifs is 6. The van der Waals surface area contributed by atoms with Gasteiger partial charge >= 0.3 is 0 Å². The quantitative estimate of drug-likeness (QED) is 0.217. The van der Waals surface area contributed by atoms with Crippen LogP contribution in [0.2, 0.25) is 0 Å². The van der Waals surface area contributed by atoms with Crippen LogP contribution in [-0.4, -0.2) is 0 Å². The second-order valence-electron chi connectivity index (χ2n) is 9.81. The van der Waals surface area contributed by atoms with Gasteiger partial charge in [0.05, 0.1) is 0 Å². The normalized spacial score (nSPS) is 11.6. The average molecular weight is 534 g/mol. The molecule has 6 aromatic carbocycles. The van der Waals surface area contributed by atoms with E-state index in [1.54, 1.807) is 0 Å². The van der Waals surface area contributed by atoms with Crippen molar-refractivity contribution >= 4 is 80.1 Å². The Bertz CT molecular complexity index is 2140. The molecule has 2 heterocycles. The Labute approximate surface area is 234 Å². The number of thiophene rings is 2. The molecule has 184 valence electrons. The molecule has 0 saturated heterocycles. The predicted molar refractivity (Wildman–Crippen MR) is 172 cm³/mol. The van der Waals surface area contributed by atoms with Crippen LogP contribution in [0.25, 0.3) is 51.5 Å². The van der Waals surface area contributed by atoms with Crippen LogP contribution in [0.15, 0.2) is 140 Å². The third-order valence-electron chi connectivity index (χ3n) is 7.45. The van der Waals surface area contributed by atoms with Crippen molar-refractivity contribution in [1.29, 1.82) is 0 Å². The van der Waals surface area contributed by atoms with Gasteiger partial charge in [-0.15, -0.1) is 22.7 Å². The van der Waals surface area contributed by atoms with Gasteiger partial charge < -0.3 is 4.90 Å². The molecule has 8 aromatic rings. The van der Waals surface area contributed by atoms with Crippen molar-refractivity contribution in [3.63, 3.8) is 0 Å². The first-order chi connectivity index (χ1) is 19.3. The summed E-state index contributed by atoms with van der Waals surface area (Å²) in [6.45, 7) is 0. The van der Waals surface area contributed by atoms with E-state index in [4.69, 9.17) is 0 Å². The Kier molecular flexibility index (Phi) is 5.25. The van der Waals surface area contributed by atoms with E-state index >= 15 is 0 Å². The van der Waals surface area contributed by atoms with E-state index in [0.29, 0.717) is 0 Å². The molecule has 3 heteroatoms. The minimum Gasteiger partial charge on any atom is -0.310 e. The van der Waals surface area contributed by atoms with Gasteiger partial charge in [0.15, 0.2) is 0 Å². The third-order valence-corrected chi connectivity index (χ3v) is 9.73. The lowest BCUT2D eigenvalue weighted by Gasteiger charge is -2.26. The zero-order valence-corrected chi connectivity index (χ0v) is 22.7. The number of benzene rings is 6. The van der Waals surface area contributed by atoms with Gasteiger partial charge in [-0.05, 0) is 71.8 Å². The molecular formula is C36H23NS2. The SMILES string of the molecule is c1ccc(N(c2cccc(-c3ccc4sc5ccccc5c4c3)c2)c2ccc3c(c2)sc2ccccc23)cc1. The molecule has 0 aliphatic carbocycles. The van der Waals surface area contributed by atoms with Crippen LogP contribution < -0.4 is 4.90 Å². The van der Waals surface area contributed by atoms with E-state index in [0.717, 1.165) is 17.1 Å². The van der Waals surface area contributed by atoms with Crippen LogP contribution >= 0.6 is 22.7 Å². The van der Waals surface area contributed by atoms with E-state index in [2.05, 4.69) is 144 Å². The summed E-state index contributed by atoms with van der Waals surface area (Å²) in [5, 5.41) is 5.30. The van der Waals surface area contributed by atoms with Crippen molar-refractivity contribution < 1.29 is 0 Å². The highest BCUT2D eigenvalue weighted by Crippen LogP contribution is 2.42. The van der Waals surface area contributed by atoms with Gasteiger partial charge in [-0.2, -0.15) is 0 Å². The Balaban J connectivity index is 1.28. The van der Waals surface area contributed by atoms with Crippen LogP contribution in [0.5, 0.6) is 0 Å². The van der Waals surface area contributed by atoms with Crippen LogP contribution in [0, 0.1) is 0 Å². The predicted octanol–water partition coefficient (Wildman–Crippen LogP) is 11.6. The average Bonchev–Trinajstić information content (AvgIpc) is 3.55. The maximum atomic E-state index is 2.37. The molecule has 8 rings (SSSR count). The molecule has 0 fully saturated rings. The van der Waals surface area contributed by atoms with Gasteiger partial charge in [0.1, 0.15) is 0 Å². The fraction of sp³-hybridized carbons (Fsp3) is 0. The van der Waals surface area contributed by atoms with Gasteiger partial charge in [0, 0.05) is 57.4 Å². The monoisotopic (exact) mass is 533 g/mol. The number of nitrogens with zero attached hydrogens (tertiary/aromatic N) is 1. The molecule has 2 aromatic heterocycles. The number of hydrogen-bond donors (Lipinski definition) is 0. The van der Waals surface area contributed by atoms with E-state index in [1.165, 1.54) is 51.5 Å². The Hall–Kier alpha value is -4.44. The van der Waals surface area contributed by atoms with Crippen LogP contribution in [0.3, 0.4) is 0 Å². The van der Waals surface area contributed by atoms with E-state index in [1.807, 2.05) is 22.7 Å². The van der Waals surface area contributed by atoms with Crippen LogP contribution in [0.1, 0.15) is 0 Å². The molecule has 1 nitrogen and oxygen atoms in total. The summed E-state index contributed by atoms with van der Waals surface area (Å²) < 4.78 is 5.30. The summed E-state index contributed by atoms with van der Waals surface area (Å²) in [6, 6.07) is 50.7. The minimum atomic E-state index is 1.15. The third kappa shape index (κ3) is 3.82. The number of hydrogen-bond acceptors (Lipinski definition) is 3. The fourth-order valence-electron chi connectivity index (χ4n) is 5.61. The van der Waals surface area contributed by atoms with Crippen molar-refractivity contribution in [3.05, 3.63) is 140 Å². The molecule has 0 bridgehead atoms. The molecule has 0 saturated carbocycles. The summed E-state index contributed by atoms with van der Waals surface area (Å²) in [5.41, 5.74) is 5.91. The first-order valence-corrected chi connectivity index (χ1v) is 14.7. The summed E-state index contributed by atoms with van der Waals surface area (Å²) in [7, 11) is 0. The van der Waals surface area contributed by atoms with E-state index < -0.39 is 0 Å². The lowest BCUT2D eigenvalue weighted by Crippen LogP contribution is -2.09. The van der Waals surface area contributed by atoms with E-state index in [9.17, 15) is 0 Å². The van der Waals surface area contributed by atoms with E-state index in [-0.39, 0.29) is 0 Å². The molecule has 0 spiro atoms. The van der Waals surface area contributed by atoms with Crippen molar-refractivity contribution in [2.75, 3.05) is 4.90 Å². The molecule has 0 N–H and O–H groups in total. The molecule has 0 amide bonds. The van der Waals surface area contributed by atoms with Gasteiger partial charge in [0.25, 0.3) is 0 Å². The van der Waals surface area contributed by atoms with Crippen LogP contribution in [0.4, 0.5) is 17.1 Å².